The van der Waals surface area contributed by atoms with Gasteiger partial charge in [0.05, 0.1) is 18.2 Å². The van der Waals surface area contributed by atoms with Crippen molar-refractivity contribution in [2.45, 2.75) is 59.3 Å². The van der Waals surface area contributed by atoms with E-state index in [4.69, 9.17) is 4.74 Å². The molecule has 3 heterocycles. The molecule has 0 unspecified atom stereocenters. The van der Waals surface area contributed by atoms with Crippen LogP contribution in [0.4, 0.5) is 0 Å². The Balaban J connectivity index is 1.73. The fraction of sp³-hybridized carbons (Fsp3) is 0.323. The average Bonchev–Trinajstić information content (AvgIpc) is 3.41. The van der Waals surface area contributed by atoms with Crippen LogP contribution in [0.25, 0.3) is 10.9 Å². The van der Waals surface area contributed by atoms with Crippen molar-refractivity contribution in [1.29, 1.82) is 0 Å². The summed E-state index contributed by atoms with van der Waals surface area (Å²) in [4.78, 5) is 23.6. The molecule has 1 atom stereocenters. The minimum Gasteiger partial charge on any atom is -0.497 e. The van der Waals surface area contributed by atoms with Gasteiger partial charge in [0.2, 0.25) is 0 Å². The van der Waals surface area contributed by atoms with E-state index in [2.05, 4.69) is 70.2 Å². The topological polar surface area (TPSA) is 102 Å². The number of aromatic nitrogens is 6. The Morgan fingerprint density at radius 2 is 1.77 bits per heavy atom. The number of hydrogen-bond donors (Lipinski definition) is 1. The van der Waals surface area contributed by atoms with Crippen LogP contribution in [0.15, 0.2) is 71.8 Å². The standard InChI is InChI=1S/C31H35N7O2/c1-20-14-21(2)27-24(15-20)16-26(30(39)33-27)28(29-34-35-36-38(29)31(3,4)5)37(19-23-8-7-13-32-17-23)18-22-9-11-25(40-6)12-10-22/h7-17,28H,18-19H2,1-6H3,(H,33,39)/t28-/m1/s1. The molecule has 5 rings (SSSR count). The Morgan fingerprint density at radius 3 is 2.45 bits per heavy atom. The number of H-pyrrole nitrogens is 1. The Kier molecular flexibility index (Phi) is 7.49. The summed E-state index contributed by atoms with van der Waals surface area (Å²) < 4.78 is 7.19. The summed E-state index contributed by atoms with van der Waals surface area (Å²) in [6.45, 7) is 11.3. The number of rotatable bonds is 8. The van der Waals surface area contributed by atoms with Crippen LogP contribution < -0.4 is 10.3 Å². The molecule has 5 aromatic rings. The summed E-state index contributed by atoms with van der Waals surface area (Å²) in [6, 6.07) is 17.5. The molecular formula is C31H35N7O2. The van der Waals surface area contributed by atoms with Gasteiger partial charge in [0.15, 0.2) is 5.82 Å². The van der Waals surface area contributed by atoms with Gasteiger partial charge in [-0.3, -0.25) is 14.7 Å². The molecule has 3 aromatic heterocycles. The third-order valence-electron chi connectivity index (χ3n) is 7.01. The first-order chi connectivity index (χ1) is 19.1. The average molecular weight is 538 g/mol. The van der Waals surface area contributed by atoms with E-state index in [1.165, 1.54) is 0 Å². The smallest absolute Gasteiger partial charge is 0.253 e. The molecule has 0 aliphatic carbocycles. The largest absolute Gasteiger partial charge is 0.497 e. The second-order valence-electron chi connectivity index (χ2n) is 11.2. The number of pyridine rings is 2. The Morgan fingerprint density at radius 1 is 1.02 bits per heavy atom. The SMILES string of the molecule is COc1ccc(CN(Cc2cccnc2)[C@H](c2cc3cc(C)cc(C)c3[nH]c2=O)c2nnnn2C(C)(C)C)cc1. The van der Waals surface area contributed by atoms with Gasteiger partial charge in [0.1, 0.15) is 11.8 Å². The van der Waals surface area contributed by atoms with Crippen LogP contribution in [-0.4, -0.2) is 42.2 Å². The van der Waals surface area contributed by atoms with Crippen LogP contribution in [0.1, 0.15) is 60.5 Å². The van der Waals surface area contributed by atoms with Crippen LogP contribution in [0.3, 0.4) is 0 Å². The highest BCUT2D eigenvalue weighted by Gasteiger charge is 2.33. The number of methoxy groups -OCH3 is 1. The van der Waals surface area contributed by atoms with Crippen molar-refractivity contribution in [2.24, 2.45) is 0 Å². The van der Waals surface area contributed by atoms with Crippen molar-refractivity contribution in [2.75, 3.05) is 7.11 Å². The first-order valence-electron chi connectivity index (χ1n) is 13.3. The van der Waals surface area contributed by atoms with Gasteiger partial charge >= 0.3 is 0 Å². The fourth-order valence-electron chi connectivity index (χ4n) is 5.18. The first kappa shape index (κ1) is 27.2. The number of benzene rings is 2. The highest BCUT2D eigenvalue weighted by molar-refractivity contribution is 5.83. The zero-order valence-electron chi connectivity index (χ0n) is 23.8. The van der Waals surface area contributed by atoms with E-state index in [0.717, 1.165) is 38.9 Å². The van der Waals surface area contributed by atoms with Crippen molar-refractivity contribution < 1.29 is 4.74 Å². The Hall–Kier alpha value is -4.37. The van der Waals surface area contributed by atoms with Gasteiger partial charge < -0.3 is 9.72 Å². The van der Waals surface area contributed by atoms with Gasteiger partial charge in [0.25, 0.3) is 5.56 Å². The van der Waals surface area contributed by atoms with E-state index < -0.39 is 11.6 Å². The molecule has 9 heteroatoms. The number of tetrazole rings is 1. The van der Waals surface area contributed by atoms with Crippen molar-refractivity contribution in [3.8, 4) is 5.75 Å². The summed E-state index contributed by atoms with van der Waals surface area (Å²) in [6.07, 6.45) is 3.61. The molecule has 0 fully saturated rings. The normalized spacial score (nSPS) is 12.7. The molecule has 0 bridgehead atoms. The molecule has 0 saturated carbocycles. The molecule has 0 saturated heterocycles. The quantitative estimate of drug-likeness (QED) is 0.294. The van der Waals surface area contributed by atoms with E-state index >= 15 is 0 Å². The van der Waals surface area contributed by atoms with Gasteiger partial charge in [-0.1, -0.05) is 29.8 Å². The molecule has 9 nitrogen and oxygen atoms in total. The van der Waals surface area contributed by atoms with E-state index in [0.29, 0.717) is 24.5 Å². The number of ether oxygens (including phenoxy) is 1. The predicted molar refractivity (Wildman–Crippen MR) is 155 cm³/mol. The molecule has 0 amide bonds. The minimum absolute atomic E-state index is 0.168. The van der Waals surface area contributed by atoms with Crippen molar-refractivity contribution in [3.05, 3.63) is 111 Å². The molecule has 2 aromatic carbocycles. The first-order valence-corrected chi connectivity index (χ1v) is 13.3. The van der Waals surface area contributed by atoms with E-state index in [9.17, 15) is 4.79 Å². The molecule has 0 spiro atoms. The zero-order valence-corrected chi connectivity index (χ0v) is 23.8. The van der Waals surface area contributed by atoms with E-state index in [1.807, 2.05) is 60.3 Å². The third-order valence-corrected chi connectivity index (χ3v) is 7.01. The number of nitrogens with one attached hydrogen (secondary N) is 1. The second-order valence-corrected chi connectivity index (χ2v) is 11.2. The van der Waals surface area contributed by atoms with Gasteiger partial charge in [-0.15, -0.1) is 5.10 Å². The van der Waals surface area contributed by atoms with Crippen LogP contribution in [-0.2, 0) is 18.6 Å². The monoisotopic (exact) mass is 537 g/mol. The molecule has 0 aliphatic heterocycles. The van der Waals surface area contributed by atoms with Crippen molar-refractivity contribution in [3.63, 3.8) is 0 Å². The van der Waals surface area contributed by atoms with Crippen LogP contribution >= 0.6 is 0 Å². The summed E-state index contributed by atoms with van der Waals surface area (Å²) in [5, 5.41) is 13.9. The maximum atomic E-state index is 13.9. The molecular weight excluding hydrogens is 502 g/mol. The molecule has 206 valence electrons. The van der Waals surface area contributed by atoms with Crippen molar-refractivity contribution >= 4 is 10.9 Å². The predicted octanol–water partition coefficient (Wildman–Crippen LogP) is 5.08. The summed E-state index contributed by atoms with van der Waals surface area (Å²) in [7, 11) is 1.65. The lowest BCUT2D eigenvalue weighted by atomic mass is 9.98. The van der Waals surface area contributed by atoms with Crippen LogP contribution in [0.5, 0.6) is 5.75 Å². The lowest BCUT2D eigenvalue weighted by Crippen LogP contribution is -2.37. The van der Waals surface area contributed by atoms with Gasteiger partial charge in [-0.2, -0.15) is 0 Å². The van der Waals surface area contributed by atoms with E-state index in [1.54, 1.807) is 13.3 Å². The zero-order chi connectivity index (χ0) is 28.4. The Bertz CT molecular complexity index is 1670. The highest BCUT2D eigenvalue weighted by Crippen LogP contribution is 2.32. The molecule has 40 heavy (non-hydrogen) atoms. The number of aryl methyl sites for hydroxylation is 2. The van der Waals surface area contributed by atoms with Gasteiger partial charge in [0, 0.05) is 31.0 Å². The van der Waals surface area contributed by atoms with Gasteiger partial charge in [-0.05, 0) is 97.5 Å². The van der Waals surface area contributed by atoms with Crippen molar-refractivity contribution in [1.82, 2.24) is 35.1 Å². The summed E-state index contributed by atoms with van der Waals surface area (Å²) >= 11 is 0. The number of aromatic amines is 1. The molecule has 0 aliphatic rings. The molecule has 1 N–H and O–H groups in total. The minimum atomic E-state index is -0.550. The summed E-state index contributed by atoms with van der Waals surface area (Å²) in [5.41, 5.74) is 5.07. The lowest BCUT2D eigenvalue weighted by Gasteiger charge is -2.33. The van der Waals surface area contributed by atoms with Crippen LogP contribution in [0.2, 0.25) is 0 Å². The highest BCUT2D eigenvalue weighted by atomic mass is 16.5. The maximum absolute atomic E-state index is 13.9. The Labute approximate surface area is 233 Å². The van der Waals surface area contributed by atoms with E-state index in [-0.39, 0.29) is 5.56 Å². The number of fused-ring (bicyclic) bond motifs is 1. The third kappa shape index (κ3) is 5.65. The second kappa shape index (κ2) is 11.0. The van der Waals surface area contributed by atoms with Gasteiger partial charge in [-0.25, -0.2) is 4.68 Å². The fourth-order valence-corrected chi connectivity index (χ4v) is 5.18. The number of nitrogens with zero attached hydrogens (tertiary/aromatic N) is 6. The lowest BCUT2D eigenvalue weighted by molar-refractivity contribution is 0.184. The number of hydrogen-bond acceptors (Lipinski definition) is 7. The van der Waals surface area contributed by atoms with Crippen LogP contribution in [0, 0.1) is 13.8 Å². The molecule has 0 radical (unpaired) electrons. The summed E-state index contributed by atoms with van der Waals surface area (Å²) in [5.74, 6) is 1.38. The maximum Gasteiger partial charge on any atom is 0.253 e.